The highest BCUT2D eigenvalue weighted by atomic mass is 32.2. The average molecular weight is 311 g/mol. The Morgan fingerprint density at radius 3 is 2.52 bits per heavy atom. The summed E-state index contributed by atoms with van der Waals surface area (Å²) in [5, 5.41) is -0.956. The van der Waals surface area contributed by atoms with Gasteiger partial charge >= 0.3 is 0 Å². The van der Waals surface area contributed by atoms with E-state index in [9.17, 15) is 13.2 Å². The van der Waals surface area contributed by atoms with Crippen LogP contribution in [0.25, 0.3) is 0 Å². The number of aromatic nitrogens is 1. The first-order chi connectivity index (χ1) is 9.88. The van der Waals surface area contributed by atoms with Gasteiger partial charge < -0.3 is 4.90 Å². The van der Waals surface area contributed by atoms with Crippen molar-refractivity contribution in [2.45, 2.75) is 18.7 Å². The molecule has 0 spiro atoms. The zero-order valence-corrected chi connectivity index (χ0v) is 13.2. The Hall–Kier alpha value is -1.47. The molecule has 0 bridgehead atoms. The van der Waals surface area contributed by atoms with Gasteiger partial charge in [0.15, 0.2) is 9.84 Å². The number of nitrogens with zero attached hydrogens (tertiary/aromatic N) is 3. The molecule has 0 saturated carbocycles. The highest BCUT2D eigenvalue weighted by Crippen LogP contribution is 2.10. The number of carbonyl (C=O) groups is 1. The topological polar surface area (TPSA) is 70.6 Å². The Balaban J connectivity index is 1.87. The van der Waals surface area contributed by atoms with Gasteiger partial charge in [0, 0.05) is 51.4 Å². The quantitative estimate of drug-likeness (QED) is 0.792. The summed E-state index contributed by atoms with van der Waals surface area (Å²) in [5.74, 6) is -0.293. The number of pyridine rings is 1. The van der Waals surface area contributed by atoms with Gasteiger partial charge in [0.05, 0.1) is 0 Å². The molecule has 6 nitrogen and oxygen atoms in total. The smallest absolute Gasteiger partial charge is 0.240 e. The van der Waals surface area contributed by atoms with Crippen molar-refractivity contribution in [2.24, 2.45) is 0 Å². The average Bonchev–Trinajstić information content (AvgIpc) is 2.46. The summed E-state index contributed by atoms with van der Waals surface area (Å²) in [6.07, 6.45) is 4.68. The standard InChI is InChI=1S/C14H21N3O3S/c1-12(21(2,19)20)14(18)17-8-6-16(7-9-17)11-13-4-3-5-15-10-13/h3-5,10,12H,6-9,11H2,1-2H3. The molecule has 1 amide bonds. The summed E-state index contributed by atoms with van der Waals surface area (Å²) in [6.45, 7) is 4.89. The predicted octanol–water partition coefficient (Wildman–Crippen LogP) is 0.159. The van der Waals surface area contributed by atoms with E-state index in [2.05, 4.69) is 9.88 Å². The van der Waals surface area contributed by atoms with E-state index in [1.54, 1.807) is 11.1 Å². The van der Waals surface area contributed by atoms with E-state index in [-0.39, 0.29) is 5.91 Å². The van der Waals surface area contributed by atoms with Crippen molar-refractivity contribution in [3.8, 4) is 0 Å². The number of amides is 1. The van der Waals surface area contributed by atoms with Gasteiger partial charge in [-0.1, -0.05) is 6.07 Å². The van der Waals surface area contributed by atoms with Gasteiger partial charge in [0.2, 0.25) is 5.91 Å². The number of rotatable bonds is 4. The lowest BCUT2D eigenvalue weighted by Crippen LogP contribution is -2.51. The molecule has 1 atom stereocenters. The molecule has 0 N–H and O–H groups in total. The monoisotopic (exact) mass is 311 g/mol. The summed E-state index contributed by atoms with van der Waals surface area (Å²) in [7, 11) is -3.33. The lowest BCUT2D eigenvalue weighted by molar-refractivity contribution is -0.132. The Bertz CT molecular complexity index is 581. The van der Waals surface area contributed by atoms with Crippen molar-refractivity contribution in [3.63, 3.8) is 0 Å². The van der Waals surface area contributed by atoms with Crippen LogP contribution in [0.2, 0.25) is 0 Å². The van der Waals surface area contributed by atoms with Crippen molar-refractivity contribution in [2.75, 3.05) is 32.4 Å². The van der Waals surface area contributed by atoms with Crippen molar-refractivity contribution in [1.29, 1.82) is 0 Å². The van der Waals surface area contributed by atoms with Crippen LogP contribution in [-0.2, 0) is 21.2 Å². The van der Waals surface area contributed by atoms with Crippen LogP contribution in [0.4, 0.5) is 0 Å². The second-order valence-corrected chi connectivity index (χ2v) is 7.80. The minimum Gasteiger partial charge on any atom is -0.339 e. The summed E-state index contributed by atoms with van der Waals surface area (Å²) in [6, 6.07) is 3.93. The first-order valence-electron chi connectivity index (χ1n) is 6.97. The molecule has 1 aliphatic heterocycles. The van der Waals surface area contributed by atoms with Gasteiger partial charge in [-0.25, -0.2) is 8.42 Å². The van der Waals surface area contributed by atoms with Crippen LogP contribution in [0.3, 0.4) is 0 Å². The molecule has 2 rings (SSSR count). The SMILES string of the molecule is CC(C(=O)N1CCN(Cc2cccnc2)CC1)S(C)(=O)=O. The maximum atomic E-state index is 12.1. The highest BCUT2D eigenvalue weighted by Gasteiger charge is 2.30. The van der Waals surface area contributed by atoms with Crippen molar-refractivity contribution in [1.82, 2.24) is 14.8 Å². The second-order valence-electron chi connectivity index (χ2n) is 5.43. The predicted molar refractivity (Wildman–Crippen MR) is 80.4 cm³/mol. The molecule has 7 heteroatoms. The van der Waals surface area contributed by atoms with Crippen LogP contribution in [0.5, 0.6) is 0 Å². The molecule has 2 heterocycles. The van der Waals surface area contributed by atoms with Gasteiger partial charge in [-0.15, -0.1) is 0 Å². The molecule has 1 aliphatic rings. The van der Waals surface area contributed by atoms with Gasteiger partial charge in [-0.05, 0) is 18.6 Å². The lowest BCUT2D eigenvalue weighted by atomic mass is 10.2. The minimum absolute atomic E-state index is 0.293. The Morgan fingerprint density at radius 2 is 2.00 bits per heavy atom. The molecule has 1 fully saturated rings. The van der Waals surface area contributed by atoms with Gasteiger partial charge in [0.25, 0.3) is 0 Å². The normalized spacial score (nSPS) is 18.5. The van der Waals surface area contributed by atoms with Crippen LogP contribution in [0, 0.1) is 0 Å². The zero-order chi connectivity index (χ0) is 15.5. The van der Waals surface area contributed by atoms with E-state index in [4.69, 9.17) is 0 Å². The number of piperazine rings is 1. The highest BCUT2D eigenvalue weighted by molar-refractivity contribution is 7.92. The van der Waals surface area contributed by atoms with E-state index < -0.39 is 15.1 Å². The molecular weight excluding hydrogens is 290 g/mol. The van der Waals surface area contributed by atoms with Gasteiger partial charge in [-0.2, -0.15) is 0 Å². The summed E-state index contributed by atoms with van der Waals surface area (Å²) < 4.78 is 22.9. The van der Waals surface area contributed by atoms with Crippen LogP contribution in [-0.4, -0.2) is 66.8 Å². The fourth-order valence-corrected chi connectivity index (χ4v) is 2.83. The Kier molecular flexibility index (Phi) is 4.95. The van der Waals surface area contributed by atoms with Crippen molar-refractivity contribution >= 4 is 15.7 Å². The molecule has 21 heavy (non-hydrogen) atoms. The molecule has 1 aromatic rings. The maximum Gasteiger partial charge on any atom is 0.240 e. The molecule has 0 radical (unpaired) electrons. The van der Waals surface area contributed by atoms with E-state index in [0.29, 0.717) is 13.1 Å². The molecule has 1 unspecified atom stereocenters. The molecule has 0 aromatic carbocycles. The van der Waals surface area contributed by atoms with E-state index >= 15 is 0 Å². The van der Waals surface area contributed by atoms with Crippen LogP contribution in [0.1, 0.15) is 12.5 Å². The third kappa shape index (κ3) is 4.25. The number of hydrogen-bond donors (Lipinski definition) is 0. The zero-order valence-electron chi connectivity index (χ0n) is 12.4. The van der Waals surface area contributed by atoms with Crippen molar-refractivity contribution < 1.29 is 13.2 Å². The van der Waals surface area contributed by atoms with E-state index in [0.717, 1.165) is 31.5 Å². The molecular formula is C14H21N3O3S. The fourth-order valence-electron chi connectivity index (χ4n) is 2.32. The molecule has 116 valence electrons. The lowest BCUT2D eigenvalue weighted by Gasteiger charge is -2.35. The molecule has 1 saturated heterocycles. The maximum absolute atomic E-state index is 12.1. The third-order valence-corrected chi connectivity index (χ3v) is 5.29. The van der Waals surface area contributed by atoms with Crippen LogP contribution >= 0.6 is 0 Å². The summed E-state index contributed by atoms with van der Waals surface area (Å²) >= 11 is 0. The molecule has 1 aromatic heterocycles. The Morgan fingerprint density at radius 1 is 1.33 bits per heavy atom. The van der Waals surface area contributed by atoms with Crippen molar-refractivity contribution in [3.05, 3.63) is 30.1 Å². The summed E-state index contributed by atoms with van der Waals surface area (Å²) in [5.41, 5.74) is 1.14. The second kappa shape index (κ2) is 6.53. The van der Waals surface area contributed by atoms with Crippen LogP contribution in [0.15, 0.2) is 24.5 Å². The number of carbonyl (C=O) groups excluding carboxylic acids is 1. The van der Waals surface area contributed by atoms with Gasteiger partial charge in [-0.3, -0.25) is 14.7 Å². The van der Waals surface area contributed by atoms with Crippen LogP contribution < -0.4 is 0 Å². The fraction of sp³-hybridized carbons (Fsp3) is 0.571. The third-order valence-electron chi connectivity index (χ3n) is 3.80. The minimum atomic E-state index is -3.33. The number of hydrogen-bond acceptors (Lipinski definition) is 5. The number of sulfone groups is 1. The largest absolute Gasteiger partial charge is 0.339 e. The van der Waals surface area contributed by atoms with Gasteiger partial charge in [0.1, 0.15) is 5.25 Å². The molecule has 0 aliphatic carbocycles. The van der Waals surface area contributed by atoms with E-state index in [1.807, 2.05) is 18.3 Å². The first-order valence-corrected chi connectivity index (χ1v) is 8.92. The Labute approximate surface area is 125 Å². The summed E-state index contributed by atoms with van der Waals surface area (Å²) in [4.78, 5) is 20.1. The van der Waals surface area contributed by atoms with E-state index in [1.165, 1.54) is 6.92 Å². The first kappa shape index (κ1) is 15.9.